The van der Waals surface area contributed by atoms with Crippen molar-refractivity contribution in [3.05, 3.63) is 57.8 Å². The Bertz CT molecular complexity index is 632. The van der Waals surface area contributed by atoms with E-state index in [1.165, 1.54) is 0 Å². The number of anilines is 1. The van der Waals surface area contributed by atoms with Gasteiger partial charge in [0.25, 0.3) is 5.56 Å². The van der Waals surface area contributed by atoms with Crippen molar-refractivity contribution in [2.75, 3.05) is 5.73 Å². The summed E-state index contributed by atoms with van der Waals surface area (Å²) in [7, 11) is 0. The van der Waals surface area contributed by atoms with Crippen molar-refractivity contribution in [3.8, 4) is 0 Å². The minimum Gasteiger partial charge on any atom is -0.477 e. The van der Waals surface area contributed by atoms with Crippen LogP contribution in [0.2, 0.25) is 0 Å². The maximum atomic E-state index is 11.4. The fourth-order valence-electron chi connectivity index (χ4n) is 1.50. The molecule has 2 aromatic rings. The third-order valence-corrected chi connectivity index (χ3v) is 2.43. The zero-order valence-corrected chi connectivity index (χ0v) is 9.38. The van der Waals surface area contributed by atoms with Crippen LogP contribution in [0.1, 0.15) is 21.7 Å². The highest BCUT2D eigenvalue weighted by atomic mass is 16.4. The quantitative estimate of drug-likeness (QED) is 0.687. The van der Waals surface area contributed by atoms with Crippen LogP contribution < -0.4 is 11.3 Å². The number of nitrogen functional groups attached to an aromatic ring is 1. The number of nitrogens with one attached hydrogen (secondary N) is 1. The highest BCUT2D eigenvalue weighted by Crippen LogP contribution is 2.08. The molecule has 0 spiro atoms. The van der Waals surface area contributed by atoms with Crippen molar-refractivity contribution in [1.82, 2.24) is 9.97 Å². The van der Waals surface area contributed by atoms with E-state index in [0.29, 0.717) is 17.9 Å². The number of carboxylic acids is 1. The average molecular weight is 245 g/mol. The number of hydrogen-bond acceptors (Lipinski definition) is 4. The lowest BCUT2D eigenvalue weighted by molar-refractivity contribution is 0.0694. The number of nitrogens with two attached hydrogens (primary N) is 1. The third kappa shape index (κ3) is 2.54. The molecule has 0 unspecified atom stereocenters. The van der Waals surface area contributed by atoms with Crippen LogP contribution in [0.3, 0.4) is 0 Å². The van der Waals surface area contributed by atoms with E-state index in [4.69, 9.17) is 10.8 Å². The molecule has 0 fully saturated rings. The molecule has 1 aromatic heterocycles. The van der Waals surface area contributed by atoms with Crippen LogP contribution in [-0.4, -0.2) is 21.0 Å². The van der Waals surface area contributed by atoms with Crippen molar-refractivity contribution < 1.29 is 9.90 Å². The molecule has 0 aliphatic carbocycles. The Hall–Kier alpha value is -2.63. The van der Waals surface area contributed by atoms with Crippen molar-refractivity contribution >= 4 is 11.7 Å². The zero-order chi connectivity index (χ0) is 13.1. The third-order valence-electron chi connectivity index (χ3n) is 2.43. The van der Waals surface area contributed by atoms with E-state index < -0.39 is 11.5 Å². The smallest absolute Gasteiger partial charge is 0.342 e. The number of aromatic nitrogens is 2. The first-order valence-electron chi connectivity index (χ1n) is 5.22. The Labute approximate surface area is 102 Å². The van der Waals surface area contributed by atoms with Gasteiger partial charge in [-0.25, -0.2) is 9.78 Å². The lowest BCUT2D eigenvalue weighted by Gasteiger charge is -2.02. The van der Waals surface area contributed by atoms with Crippen LogP contribution in [0.15, 0.2) is 35.3 Å². The lowest BCUT2D eigenvalue weighted by atomic mass is 10.1. The summed E-state index contributed by atoms with van der Waals surface area (Å²) in [4.78, 5) is 28.4. The highest BCUT2D eigenvalue weighted by molar-refractivity contribution is 5.86. The second-order valence-corrected chi connectivity index (χ2v) is 3.80. The van der Waals surface area contributed by atoms with E-state index >= 15 is 0 Å². The molecule has 0 aliphatic rings. The normalized spacial score (nSPS) is 10.2. The topological polar surface area (TPSA) is 109 Å². The standard InChI is InChI=1S/C12H11N3O3/c13-8-3-1-7(2-4-8)5-10-14-6-9(12(17)18)11(16)15-10/h1-4,6H,5,13H2,(H,17,18)(H,14,15,16). The first-order valence-corrected chi connectivity index (χ1v) is 5.22. The molecule has 0 amide bonds. The van der Waals surface area contributed by atoms with Crippen LogP contribution >= 0.6 is 0 Å². The van der Waals surface area contributed by atoms with Gasteiger partial charge >= 0.3 is 5.97 Å². The molecule has 0 bridgehead atoms. The molecule has 18 heavy (non-hydrogen) atoms. The summed E-state index contributed by atoms with van der Waals surface area (Å²) in [6.07, 6.45) is 1.48. The number of H-pyrrole nitrogens is 1. The van der Waals surface area contributed by atoms with Gasteiger partial charge in [-0.2, -0.15) is 0 Å². The van der Waals surface area contributed by atoms with Gasteiger partial charge in [0.2, 0.25) is 0 Å². The van der Waals surface area contributed by atoms with Gasteiger partial charge in [-0.05, 0) is 17.7 Å². The Kier molecular flexibility index (Phi) is 3.09. The number of rotatable bonds is 3. The van der Waals surface area contributed by atoms with Crippen LogP contribution in [0.4, 0.5) is 5.69 Å². The van der Waals surface area contributed by atoms with E-state index in [-0.39, 0.29) is 5.56 Å². The molecule has 1 aromatic carbocycles. The summed E-state index contributed by atoms with van der Waals surface area (Å²) < 4.78 is 0. The van der Waals surface area contributed by atoms with Gasteiger partial charge in [0.05, 0.1) is 0 Å². The predicted octanol–water partition coefficient (Wildman–Crippen LogP) is 0.641. The summed E-state index contributed by atoms with van der Waals surface area (Å²) >= 11 is 0. The zero-order valence-electron chi connectivity index (χ0n) is 9.38. The molecule has 0 saturated heterocycles. The summed E-state index contributed by atoms with van der Waals surface area (Å²) in [5, 5.41) is 8.70. The van der Waals surface area contributed by atoms with Crippen LogP contribution in [-0.2, 0) is 6.42 Å². The van der Waals surface area contributed by atoms with Gasteiger partial charge in [0, 0.05) is 18.3 Å². The van der Waals surface area contributed by atoms with Gasteiger partial charge in [-0.15, -0.1) is 0 Å². The Balaban J connectivity index is 2.25. The molecule has 1 heterocycles. The number of nitrogens with zero attached hydrogens (tertiary/aromatic N) is 1. The Morgan fingerprint density at radius 1 is 1.33 bits per heavy atom. The molecule has 0 radical (unpaired) electrons. The molecule has 2 rings (SSSR count). The summed E-state index contributed by atoms with van der Waals surface area (Å²) in [5.74, 6) is -0.877. The first kappa shape index (κ1) is 11.8. The van der Waals surface area contributed by atoms with Crippen molar-refractivity contribution in [2.45, 2.75) is 6.42 Å². The van der Waals surface area contributed by atoms with E-state index in [2.05, 4.69) is 9.97 Å². The maximum Gasteiger partial charge on any atom is 0.342 e. The monoisotopic (exact) mass is 245 g/mol. The van der Waals surface area contributed by atoms with Crippen LogP contribution in [0.25, 0.3) is 0 Å². The summed E-state index contributed by atoms with van der Waals surface area (Å²) in [6, 6.07) is 7.14. The summed E-state index contributed by atoms with van der Waals surface area (Å²) in [6.45, 7) is 0. The molecule has 92 valence electrons. The molecular formula is C12H11N3O3. The molecule has 6 heteroatoms. The molecule has 6 nitrogen and oxygen atoms in total. The number of carbonyl (C=O) groups is 1. The van der Waals surface area contributed by atoms with Gasteiger partial charge in [-0.1, -0.05) is 12.1 Å². The van der Waals surface area contributed by atoms with Crippen molar-refractivity contribution in [2.24, 2.45) is 0 Å². The number of hydrogen-bond donors (Lipinski definition) is 3. The van der Waals surface area contributed by atoms with Crippen LogP contribution in [0.5, 0.6) is 0 Å². The number of benzene rings is 1. The van der Waals surface area contributed by atoms with E-state index in [1.54, 1.807) is 12.1 Å². The predicted molar refractivity (Wildman–Crippen MR) is 65.5 cm³/mol. The van der Waals surface area contributed by atoms with Crippen molar-refractivity contribution in [3.63, 3.8) is 0 Å². The first-order chi connectivity index (χ1) is 8.56. The molecule has 0 aliphatic heterocycles. The maximum absolute atomic E-state index is 11.4. The highest BCUT2D eigenvalue weighted by Gasteiger charge is 2.09. The minimum absolute atomic E-state index is 0.365. The second kappa shape index (κ2) is 4.70. The van der Waals surface area contributed by atoms with Gasteiger partial charge in [0.15, 0.2) is 0 Å². The molecule has 4 N–H and O–H groups in total. The Morgan fingerprint density at radius 3 is 2.56 bits per heavy atom. The second-order valence-electron chi connectivity index (χ2n) is 3.80. The van der Waals surface area contributed by atoms with Gasteiger partial charge in [0.1, 0.15) is 11.4 Å². The molecule has 0 saturated carbocycles. The minimum atomic E-state index is -1.29. The lowest BCUT2D eigenvalue weighted by Crippen LogP contribution is -2.20. The number of aromatic carboxylic acids is 1. The number of aromatic amines is 1. The summed E-state index contributed by atoms with van der Waals surface area (Å²) in [5.41, 5.74) is 6.12. The SMILES string of the molecule is Nc1ccc(Cc2ncc(C(=O)O)c(=O)[nH]2)cc1. The fourth-order valence-corrected chi connectivity index (χ4v) is 1.50. The Morgan fingerprint density at radius 2 is 2.00 bits per heavy atom. The number of carboxylic acid groups (broad SMARTS) is 1. The fraction of sp³-hybridized carbons (Fsp3) is 0.0833. The van der Waals surface area contributed by atoms with E-state index in [1.807, 2.05) is 12.1 Å². The van der Waals surface area contributed by atoms with Gasteiger partial charge < -0.3 is 15.8 Å². The van der Waals surface area contributed by atoms with Crippen molar-refractivity contribution in [1.29, 1.82) is 0 Å². The molecule has 0 atom stereocenters. The van der Waals surface area contributed by atoms with E-state index in [0.717, 1.165) is 11.8 Å². The molecular weight excluding hydrogens is 234 g/mol. The largest absolute Gasteiger partial charge is 0.477 e. The van der Waals surface area contributed by atoms with Crippen LogP contribution in [0, 0.1) is 0 Å². The van der Waals surface area contributed by atoms with E-state index in [9.17, 15) is 9.59 Å². The average Bonchev–Trinajstić information content (AvgIpc) is 2.32. The van der Waals surface area contributed by atoms with Gasteiger partial charge in [-0.3, -0.25) is 4.79 Å².